The number of fused-ring (bicyclic) bond motifs is 1. The molecule has 0 bridgehead atoms. The van der Waals surface area contributed by atoms with E-state index in [1.54, 1.807) is 12.1 Å². The topological polar surface area (TPSA) is 89.0 Å². The molecule has 128 valence electrons. The van der Waals surface area contributed by atoms with Crippen LogP contribution in [0.25, 0.3) is 11.0 Å². The van der Waals surface area contributed by atoms with Gasteiger partial charge in [-0.05, 0) is 37.3 Å². The minimum atomic E-state index is -3.98. The van der Waals surface area contributed by atoms with Crippen LogP contribution in [0.2, 0.25) is 0 Å². The Morgan fingerprint density at radius 2 is 2.00 bits per heavy atom. The van der Waals surface area contributed by atoms with Gasteiger partial charge in [-0.15, -0.1) is 0 Å². The van der Waals surface area contributed by atoms with Gasteiger partial charge in [0.05, 0.1) is 17.6 Å². The Hall–Kier alpha value is -1.80. The molecule has 8 heteroatoms. The third kappa shape index (κ3) is 2.84. The van der Waals surface area contributed by atoms with Crippen molar-refractivity contribution < 1.29 is 13.2 Å². The molecule has 1 aliphatic carbocycles. The van der Waals surface area contributed by atoms with E-state index in [4.69, 9.17) is 0 Å². The first-order valence-corrected chi connectivity index (χ1v) is 9.79. The lowest BCUT2D eigenvalue weighted by molar-refractivity contribution is -0.121. The molecule has 3 rings (SSSR count). The normalized spacial score (nSPS) is 22.2. The molecule has 0 aliphatic heterocycles. The van der Waals surface area contributed by atoms with Crippen molar-refractivity contribution in [2.24, 2.45) is 17.3 Å². The molecule has 2 aromatic rings. The first-order chi connectivity index (χ1) is 11.1. The number of amides is 1. The second-order valence-corrected chi connectivity index (χ2v) is 9.11. The predicted molar refractivity (Wildman–Crippen MR) is 92.9 cm³/mol. The van der Waals surface area contributed by atoms with E-state index in [2.05, 4.69) is 13.5 Å². The average Bonchev–Trinajstić information content (AvgIpc) is 2.84. The van der Waals surface area contributed by atoms with Crippen LogP contribution in [-0.2, 0) is 14.8 Å². The molecule has 24 heavy (non-hydrogen) atoms. The van der Waals surface area contributed by atoms with Crippen LogP contribution in [0.1, 0.15) is 27.7 Å². The van der Waals surface area contributed by atoms with Crippen LogP contribution in [0.3, 0.4) is 0 Å². The summed E-state index contributed by atoms with van der Waals surface area (Å²) < 4.78 is 35.5. The van der Waals surface area contributed by atoms with Crippen molar-refractivity contribution in [2.75, 3.05) is 0 Å². The highest BCUT2D eigenvalue weighted by Gasteiger charge is 2.60. The number of hydrogen-bond acceptors (Lipinski definition) is 6. The molecule has 1 fully saturated rings. The highest BCUT2D eigenvalue weighted by atomic mass is 32.2. The van der Waals surface area contributed by atoms with Crippen LogP contribution in [0, 0.1) is 17.3 Å². The summed E-state index contributed by atoms with van der Waals surface area (Å²) in [5, 5.41) is 0. The number of hydrogen-bond donors (Lipinski definition) is 1. The molecule has 6 nitrogen and oxygen atoms in total. The van der Waals surface area contributed by atoms with Crippen LogP contribution in [-0.4, -0.2) is 23.1 Å². The van der Waals surface area contributed by atoms with Crippen molar-refractivity contribution in [3.8, 4) is 0 Å². The van der Waals surface area contributed by atoms with Crippen LogP contribution in [0.15, 0.2) is 34.7 Å². The largest absolute Gasteiger partial charge is 0.274 e. The van der Waals surface area contributed by atoms with Gasteiger partial charge in [-0.1, -0.05) is 31.6 Å². The van der Waals surface area contributed by atoms with Gasteiger partial charge in [-0.2, -0.15) is 8.75 Å². The number of sulfonamides is 1. The zero-order valence-electron chi connectivity index (χ0n) is 13.9. The Bertz CT molecular complexity index is 940. The summed E-state index contributed by atoms with van der Waals surface area (Å²) in [6.45, 7) is 7.88. The van der Waals surface area contributed by atoms with Crippen molar-refractivity contribution in [3.05, 3.63) is 29.8 Å². The molecule has 1 saturated carbocycles. The highest BCUT2D eigenvalue weighted by molar-refractivity contribution is 7.90. The first-order valence-electron chi connectivity index (χ1n) is 7.57. The van der Waals surface area contributed by atoms with Crippen molar-refractivity contribution in [1.29, 1.82) is 0 Å². The number of carbonyl (C=O) groups excluding carboxylic acids is 1. The Balaban J connectivity index is 1.87. The number of benzene rings is 1. The number of nitrogens with one attached hydrogen (secondary N) is 1. The number of allylic oxidation sites excluding steroid dienone is 2. The van der Waals surface area contributed by atoms with E-state index in [0.29, 0.717) is 11.0 Å². The minimum Gasteiger partial charge on any atom is -0.274 e. The van der Waals surface area contributed by atoms with Gasteiger partial charge >= 0.3 is 0 Å². The van der Waals surface area contributed by atoms with Gasteiger partial charge in [0.15, 0.2) is 0 Å². The molecule has 1 amide bonds. The summed E-state index contributed by atoms with van der Waals surface area (Å²) in [5.41, 5.74) is 1.66. The molecule has 2 atom stereocenters. The molecule has 0 spiro atoms. The molecule has 0 saturated heterocycles. The van der Waals surface area contributed by atoms with Crippen molar-refractivity contribution in [2.45, 2.75) is 32.6 Å². The quantitative estimate of drug-likeness (QED) is 0.842. The van der Waals surface area contributed by atoms with E-state index in [1.807, 2.05) is 33.8 Å². The molecular weight excluding hydrogens is 346 g/mol. The molecule has 1 N–H and O–H groups in total. The number of nitrogens with zero attached hydrogens (tertiary/aromatic N) is 2. The second-order valence-electron chi connectivity index (χ2n) is 6.93. The summed E-state index contributed by atoms with van der Waals surface area (Å²) in [5.74, 6) is -0.771. The predicted octanol–water partition coefficient (Wildman–Crippen LogP) is 2.73. The summed E-state index contributed by atoms with van der Waals surface area (Å²) in [7, 11) is -3.98. The maximum absolute atomic E-state index is 12.6. The molecule has 1 heterocycles. The fourth-order valence-electron chi connectivity index (χ4n) is 3.10. The Morgan fingerprint density at radius 1 is 1.29 bits per heavy atom. The van der Waals surface area contributed by atoms with E-state index < -0.39 is 15.9 Å². The standard InChI is InChI=1S/C16H19N3O3S2/c1-9(2)8-10-13(16(10,3)4)15(20)19-24(21,22)12-7-5-6-11-14(12)18-23-17-11/h5-8,10,13H,1-4H3,(H,19,20)/t10-,13-/m0/s1. The second kappa shape index (κ2) is 5.63. The summed E-state index contributed by atoms with van der Waals surface area (Å²) in [4.78, 5) is 12.5. The minimum absolute atomic E-state index is 0.0145. The molecule has 1 aromatic heterocycles. The molecule has 1 aliphatic rings. The van der Waals surface area contributed by atoms with Gasteiger partial charge < -0.3 is 0 Å². The lowest BCUT2D eigenvalue weighted by Crippen LogP contribution is -2.33. The molecule has 0 unspecified atom stereocenters. The fraction of sp³-hybridized carbons (Fsp3) is 0.438. The maximum Gasteiger partial charge on any atom is 0.266 e. The Labute approximate surface area is 145 Å². The van der Waals surface area contributed by atoms with E-state index in [1.165, 1.54) is 6.07 Å². The molecular formula is C16H19N3O3S2. The third-order valence-corrected chi connectivity index (χ3v) is 6.40. The smallest absolute Gasteiger partial charge is 0.266 e. The van der Waals surface area contributed by atoms with Gasteiger partial charge in [0.2, 0.25) is 5.91 Å². The van der Waals surface area contributed by atoms with Gasteiger partial charge in [-0.25, -0.2) is 13.1 Å². The zero-order valence-corrected chi connectivity index (χ0v) is 15.5. The van der Waals surface area contributed by atoms with Gasteiger partial charge in [0, 0.05) is 0 Å². The highest BCUT2D eigenvalue weighted by Crippen LogP contribution is 2.59. The zero-order chi connectivity index (χ0) is 17.7. The Morgan fingerprint density at radius 3 is 2.67 bits per heavy atom. The van der Waals surface area contributed by atoms with Gasteiger partial charge in [0.1, 0.15) is 15.9 Å². The summed E-state index contributed by atoms with van der Waals surface area (Å²) >= 11 is 0.943. The Kier molecular flexibility index (Phi) is 4.00. The number of rotatable bonds is 4. The van der Waals surface area contributed by atoms with Gasteiger partial charge in [-0.3, -0.25) is 4.79 Å². The fourth-order valence-corrected chi connectivity index (χ4v) is 4.87. The molecule has 0 radical (unpaired) electrons. The van der Waals surface area contributed by atoms with Crippen molar-refractivity contribution in [1.82, 2.24) is 13.5 Å². The monoisotopic (exact) mass is 365 g/mol. The summed E-state index contributed by atoms with van der Waals surface area (Å²) in [6.07, 6.45) is 2.03. The van der Waals surface area contributed by atoms with Crippen LogP contribution >= 0.6 is 11.7 Å². The third-order valence-electron chi connectivity index (χ3n) is 4.48. The van der Waals surface area contributed by atoms with E-state index in [0.717, 1.165) is 17.3 Å². The summed E-state index contributed by atoms with van der Waals surface area (Å²) in [6, 6.07) is 4.72. The molecule has 1 aromatic carbocycles. The van der Waals surface area contributed by atoms with Crippen molar-refractivity contribution >= 4 is 38.7 Å². The van der Waals surface area contributed by atoms with E-state index >= 15 is 0 Å². The lowest BCUT2D eigenvalue weighted by atomic mass is 10.1. The lowest BCUT2D eigenvalue weighted by Gasteiger charge is -2.08. The number of carbonyl (C=O) groups is 1. The SMILES string of the molecule is CC(C)=C[C@H]1[C@@H](C(=O)NS(=O)(=O)c2cccc3nsnc23)C1(C)C. The maximum atomic E-state index is 12.6. The van der Waals surface area contributed by atoms with E-state index in [9.17, 15) is 13.2 Å². The van der Waals surface area contributed by atoms with Crippen LogP contribution in [0.5, 0.6) is 0 Å². The van der Waals surface area contributed by atoms with Crippen LogP contribution in [0.4, 0.5) is 0 Å². The van der Waals surface area contributed by atoms with Gasteiger partial charge in [0.25, 0.3) is 10.0 Å². The average molecular weight is 365 g/mol. The number of aromatic nitrogens is 2. The van der Waals surface area contributed by atoms with Crippen molar-refractivity contribution in [3.63, 3.8) is 0 Å². The first kappa shape index (κ1) is 17.0. The van der Waals surface area contributed by atoms with Crippen LogP contribution < -0.4 is 4.72 Å². The van der Waals surface area contributed by atoms with E-state index in [-0.39, 0.29) is 22.1 Å².